The number of anilines is 1. The summed E-state index contributed by atoms with van der Waals surface area (Å²) in [4.78, 5) is 25.6. The zero-order valence-corrected chi connectivity index (χ0v) is 17.1. The highest BCUT2D eigenvalue weighted by Crippen LogP contribution is 2.29. The van der Waals surface area contributed by atoms with Crippen molar-refractivity contribution >= 4 is 29.0 Å². The number of aryl methyl sites for hydroxylation is 1. The van der Waals surface area contributed by atoms with Crippen molar-refractivity contribution in [1.82, 2.24) is 9.78 Å². The Morgan fingerprint density at radius 2 is 1.82 bits per heavy atom. The summed E-state index contributed by atoms with van der Waals surface area (Å²) in [5.41, 5.74) is 2.89. The Hall–Kier alpha value is -2.93. The number of nitrogens with one attached hydrogen (secondary N) is 1. The molecule has 1 atom stereocenters. The van der Waals surface area contributed by atoms with Gasteiger partial charge in [-0.25, -0.2) is 9.48 Å². The van der Waals surface area contributed by atoms with Gasteiger partial charge in [0.05, 0.1) is 6.20 Å². The molecule has 1 aromatic carbocycles. The average molecular weight is 398 g/mol. The first-order valence-corrected chi connectivity index (χ1v) is 9.94. The molecule has 28 heavy (non-hydrogen) atoms. The first kappa shape index (κ1) is 19.8. The van der Waals surface area contributed by atoms with Gasteiger partial charge in [-0.1, -0.05) is 29.8 Å². The van der Waals surface area contributed by atoms with Crippen LogP contribution in [-0.4, -0.2) is 27.8 Å². The maximum atomic E-state index is 12.6. The van der Waals surface area contributed by atoms with E-state index in [2.05, 4.69) is 10.4 Å². The number of carbonyl (C=O) groups is 2. The molecular weight excluding hydrogens is 374 g/mol. The van der Waals surface area contributed by atoms with E-state index < -0.39 is 18.0 Å². The molecule has 6 nitrogen and oxygen atoms in total. The van der Waals surface area contributed by atoms with Crippen LogP contribution in [0.3, 0.4) is 0 Å². The third kappa shape index (κ3) is 4.31. The minimum atomic E-state index is -0.934. The fourth-order valence-corrected chi connectivity index (χ4v) is 3.55. The van der Waals surface area contributed by atoms with Crippen LogP contribution in [0.4, 0.5) is 5.82 Å². The Kier molecular flexibility index (Phi) is 5.94. The number of rotatable bonds is 6. The van der Waals surface area contributed by atoms with E-state index in [4.69, 9.17) is 4.74 Å². The number of aromatic nitrogens is 2. The number of esters is 1. The van der Waals surface area contributed by atoms with Gasteiger partial charge in [0.1, 0.15) is 10.7 Å². The smallest absolute Gasteiger partial charge is 0.349 e. The van der Waals surface area contributed by atoms with Gasteiger partial charge in [-0.3, -0.25) is 4.79 Å². The number of benzene rings is 1. The lowest BCUT2D eigenvalue weighted by molar-refractivity contribution is -0.123. The molecule has 0 spiro atoms. The second-order valence-electron chi connectivity index (χ2n) is 6.82. The highest BCUT2D eigenvalue weighted by Gasteiger charge is 2.23. The highest BCUT2D eigenvalue weighted by atomic mass is 32.1. The SMILES string of the molecule is Cc1ccc(-c2ccsc2C(=O)OC(C)C(=O)Nc2ccnn2C(C)C)cc1. The Balaban J connectivity index is 1.69. The van der Waals surface area contributed by atoms with Crippen molar-refractivity contribution in [3.8, 4) is 11.1 Å². The van der Waals surface area contributed by atoms with E-state index in [1.807, 2.05) is 56.5 Å². The summed E-state index contributed by atoms with van der Waals surface area (Å²) in [6.45, 7) is 7.51. The van der Waals surface area contributed by atoms with Crippen LogP contribution < -0.4 is 5.32 Å². The van der Waals surface area contributed by atoms with Crippen LogP contribution in [0.5, 0.6) is 0 Å². The first-order valence-electron chi connectivity index (χ1n) is 9.06. The van der Waals surface area contributed by atoms with Gasteiger partial charge in [-0.05, 0) is 44.7 Å². The number of hydrogen-bond donors (Lipinski definition) is 1. The zero-order chi connectivity index (χ0) is 20.3. The molecule has 0 aliphatic rings. The van der Waals surface area contributed by atoms with Crippen LogP contribution in [0.15, 0.2) is 48.0 Å². The van der Waals surface area contributed by atoms with Gasteiger partial charge in [0.25, 0.3) is 5.91 Å². The van der Waals surface area contributed by atoms with E-state index in [0.29, 0.717) is 10.7 Å². The fraction of sp³-hybridized carbons (Fsp3) is 0.286. The van der Waals surface area contributed by atoms with Crippen LogP contribution in [0.1, 0.15) is 42.0 Å². The van der Waals surface area contributed by atoms with Crippen LogP contribution in [0.25, 0.3) is 11.1 Å². The summed E-state index contributed by atoms with van der Waals surface area (Å²) in [5, 5.41) is 8.78. The predicted octanol–water partition coefficient (Wildman–Crippen LogP) is 4.68. The molecule has 0 fully saturated rings. The molecule has 1 amide bonds. The van der Waals surface area contributed by atoms with Crippen molar-refractivity contribution in [3.63, 3.8) is 0 Å². The summed E-state index contributed by atoms with van der Waals surface area (Å²) < 4.78 is 7.12. The summed E-state index contributed by atoms with van der Waals surface area (Å²) in [6, 6.07) is 11.6. The van der Waals surface area contributed by atoms with Crippen molar-refractivity contribution in [2.24, 2.45) is 0 Å². The Morgan fingerprint density at radius 1 is 1.11 bits per heavy atom. The summed E-state index contributed by atoms with van der Waals surface area (Å²) in [7, 11) is 0. The molecular formula is C21H23N3O3S. The van der Waals surface area contributed by atoms with Gasteiger partial charge in [0.15, 0.2) is 6.10 Å². The van der Waals surface area contributed by atoms with Gasteiger partial charge >= 0.3 is 5.97 Å². The molecule has 1 unspecified atom stereocenters. The quantitative estimate of drug-likeness (QED) is 0.613. The third-order valence-electron chi connectivity index (χ3n) is 4.28. The molecule has 0 aliphatic heterocycles. The fourth-order valence-electron chi connectivity index (χ4n) is 2.75. The Labute approximate surface area is 168 Å². The maximum absolute atomic E-state index is 12.6. The van der Waals surface area contributed by atoms with Crippen molar-refractivity contribution in [2.45, 2.75) is 39.8 Å². The molecule has 0 saturated carbocycles. The second kappa shape index (κ2) is 8.39. The van der Waals surface area contributed by atoms with Crippen LogP contribution >= 0.6 is 11.3 Å². The molecule has 0 bridgehead atoms. The lowest BCUT2D eigenvalue weighted by Gasteiger charge is -2.16. The van der Waals surface area contributed by atoms with E-state index in [1.165, 1.54) is 11.3 Å². The van der Waals surface area contributed by atoms with E-state index in [1.54, 1.807) is 23.9 Å². The minimum absolute atomic E-state index is 0.103. The largest absolute Gasteiger partial charge is 0.448 e. The van der Waals surface area contributed by atoms with Gasteiger partial charge < -0.3 is 10.1 Å². The third-order valence-corrected chi connectivity index (χ3v) is 5.17. The van der Waals surface area contributed by atoms with Gasteiger partial charge in [-0.15, -0.1) is 11.3 Å². The van der Waals surface area contributed by atoms with E-state index in [9.17, 15) is 9.59 Å². The van der Waals surface area contributed by atoms with Gasteiger partial charge in [-0.2, -0.15) is 5.10 Å². The lowest BCUT2D eigenvalue weighted by Crippen LogP contribution is -2.31. The number of ether oxygens (including phenoxy) is 1. The summed E-state index contributed by atoms with van der Waals surface area (Å²) in [5.74, 6) is -0.339. The predicted molar refractivity (Wildman–Crippen MR) is 111 cm³/mol. The number of amides is 1. The minimum Gasteiger partial charge on any atom is -0.448 e. The summed E-state index contributed by atoms with van der Waals surface area (Å²) >= 11 is 1.30. The standard InChI is InChI=1S/C21H23N3O3S/c1-13(2)24-18(9-11-22-24)23-20(25)15(4)27-21(26)19-17(10-12-28-19)16-7-5-14(3)6-8-16/h5-13,15H,1-4H3,(H,23,25). The van der Waals surface area contributed by atoms with Crippen molar-refractivity contribution in [1.29, 1.82) is 0 Å². The van der Waals surface area contributed by atoms with E-state index >= 15 is 0 Å². The molecule has 0 saturated heterocycles. The maximum Gasteiger partial charge on any atom is 0.349 e. The van der Waals surface area contributed by atoms with E-state index in [0.717, 1.165) is 16.7 Å². The number of hydrogen-bond acceptors (Lipinski definition) is 5. The van der Waals surface area contributed by atoms with Gasteiger partial charge in [0.2, 0.25) is 0 Å². The molecule has 146 valence electrons. The number of carbonyl (C=O) groups excluding carboxylic acids is 2. The van der Waals surface area contributed by atoms with Crippen molar-refractivity contribution < 1.29 is 14.3 Å². The molecule has 7 heteroatoms. The van der Waals surface area contributed by atoms with Gasteiger partial charge in [0, 0.05) is 17.7 Å². The molecule has 2 heterocycles. The molecule has 0 radical (unpaired) electrons. The van der Waals surface area contributed by atoms with Crippen LogP contribution in [0.2, 0.25) is 0 Å². The lowest BCUT2D eigenvalue weighted by atomic mass is 10.1. The molecule has 3 aromatic rings. The topological polar surface area (TPSA) is 73.2 Å². The number of nitrogens with zero attached hydrogens (tertiary/aromatic N) is 2. The average Bonchev–Trinajstić information content (AvgIpc) is 3.31. The van der Waals surface area contributed by atoms with Crippen LogP contribution in [0, 0.1) is 6.92 Å². The monoisotopic (exact) mass is 397 g/mol. The van der Waals surface area contributed by atoms with E-state index in [-0.39, 0.29) is 6.04 Å². The number of thiophene rings is 1. The van der Waals surface area contributed by atoms with Crippen LogP contribution in [-0.2, 0) is 9.53 Å². The van der Waals surface area contributed by atoms with Crippen molar-refractivity contribution in [3.05, 3.63) is 58.4 Å². The Bertz CT molecular complexity index is 973. The zero-order valence-electron chi connectivity index (χ0n) is 16.3. The molecule has 1 N–H and O–H groups in total. The normalized spacial score (nSPS) is 12.0. The molecule has 2 aromatic heterocycles. The highest BCUT2D eigenvalue weighted by molar-refractivity contribution is 7.12. The molecule has 0 aliphatic carbocycles. The summed E-state index contributed by atoms with van der Waals surface area (Å²) in [6.07, 6.45) is 0.683. The first-order chi connectivity index (χ1) is 13.4. The molecule has 3 rings (SSSR count). The second-order valence-corrected chi connectivity index (χ2v) is 7.74. The van der Waals surface area contributed by atoms with Crippen molar-refractivity contribution in [2.75, 3.05) is 5.32 Å². The Morgan fingerprint density at radius 3 is 2.50 bits per heavy atom.